The van der Waals surface area contributed by atoms with Crippen molar-refractivity contribution in [3.05, 3.63) is 35.9 Å². The van der Waals surface area contributed by atoms with Crippen molar-refractivity contribution < 1.29 is 19.1 Å². The van der Waals surface area contributed by atoms with Gasteiger partial charge in [-0.25, -0.2) is 4.79 Å². The molecule has 0 saturated carbocycles. The molecule has 0 spiro atoms. The van der Waals surface area contributed by atoms with Crippen molar-refractivity contribution in [2.75, 3.05) is 13.7 Å². The number of benzene rings is 1. The molecule has 0 N–H and O–H groups in total. The number of methoxy groups -OCH3 is 1. The van der Waals surface area contributed by atoms with Crippen molar-refractivity contribution >= 4 is 11.9 Å². The molecule has 27 heavy (non-hydrogen) atoms. The van der Waals surface area contributed by atoms with E-state index in [0.29, 0.717) is 25.4 Å². The van der Waals surface area contributed by atoms with Crippen molar-refractivity contribution in [2.45, 2.75) is 70.1 Å². The zero-order chi connectivity index (χ0) is 19.1. The van der Waals surface area contributed by atoms with Crippen LogP contribution in [0.2, 0.25) is 0 Å². The summed E-state index contributed by atoms with van der Waals surface area (Å²) in [5, 5.41) is 0. The summed E-state index contributed by atoms with van der Waals surface area (Å²) in [6.45, 7) is 1.02. The second kappa shape index (κ2) is 9.88. The van der Waals surface area contributed by atoms with Crippen LogP contribution in [0.15, 0.2) is 30.3 Å². The number of hydrogen-bond donors (Lipinski definition) is 0. The lowest BCUT2D eigenvalue weighted by Crippen LogP contribution is -2.55. The van der Waals surface area contributed by atoms with Gasteiger partial charge in [0, 0.05) is 38.1 Å². The van der Waals surface area contributed by atoms with Gasteiger partial charge < -0.3 is 14.4 Å². The Balaban J connectivity index is 1.53. The molecule has 5 heteroatoms. The summed E-state index contributed by atoms with van der Waals surface area (Å²) in [4.78, 5) is 27.2. The molecule has 2 atom stereocenters. The second-order valence-corrected chi connectivity index (χ2v) is 7.77. The van der Waals surface area contributed by atoms with E-state index in [2.05, 4.69) is 0 Å². The molecule has 148 valence electrons. The number of fused-ring (bicyclic) bond motifs is 2. The Morgan fingerprint density at radius 1 is 1.07 bits per heavy atom. The van der Waals surface area contributed by atoms with Gasteiger partial charge in [0.25, 0.3) is 0 Å². The number of nitrogens with zero attached hydrogens (tertiary/aromatic N) is 1. The van der Waals surface area contributed by atoms with Gasteiger partial charge >= 0.3 is 6.09 Å². The van der Waals surface area contributed by atoms with Crippen LogP contribution in [0, 0.1) is 5.92 Å². The fourth-order valence-electron chi connectivity index (χ4n) is 4.49. The lowest BCUT2D eigenvalue weighted by atomic mass is 9.76. The van der Waals surface area contributed by atoms with E-state index in [-0.39, 0.29) is 24.1 Å². The number of ketones is 1. The number of Topliss-reactive ketones (excluding diaryl/α,β-unsaturated/α-hetero) is 1. The maximum absolute atomic E-state index is 12.7. The molecule has 2 aliphatic rings. The maximum atomic E-state index is 12.7. The standard InChI is InChI=1S/C22H31NO4/c1-26-13-6-5-12-21(24)18-14-19-10-7-11-20(15-18)23(19)22(25)27-16-17-8-3-2-4-9-17/h2-4,8-9,18-20H,5-7,10-16H2,1H3. The van der Waals surface area contributed by atoms with E-state index in [9.17, 15) is 9.59 Å². The van der Waals surface area contributed by atoms with E-state index in [1.54, 1.807) is 7.11 Å². The first-order chi connectivity index (χ1) is 13.2. The molecule has 1 amide bonds. The minimum Gasteiger partial charge on any atom is -0.445 e. The molecule has 3 rings (SSSR count). The third kappa shape index (κ3) is 5.32. The van der Waals surface area contributed by atoms with Crippen molar-refractivity contribution in [1.29, 1.82) is 0 Å². The minimum absolute atomic E-state index is 0.0982. The molecule has 2 aliphatic heterocycles. The summed E-state index contributed by atoms with van der Waals surface area (Å²) in [6, 6.07) is 10.1. The largest absolute Gasteiger partial charge is 0.445 e. The monoisotopic (exact) mass is 373 g/mol. The summed E-state index contributed by atoms with van der Waals surface area (Å²) >= 11 is 0. The van der Waals surface area contributed by atoms with Crippen LogP contribution >= 0.6 is 0 Å². The Morgan fingerprint density at radius 3 is 2.44 bits per heavy atom. The van der Waals surface area contributed by atoms with Gasteiger partial charge in [-0.05, 0) is 50.5 Å². The highest BCUT2D eigenvalue weighted by molar-refractivity contribution is 5.81. The zero-order valence-electron chi connectivity index (χ0n) is 16.3. The van der Waals surface area contributed by atoms with Crippen LogP contribution in [0.4, 0.5) is 4.79 Å². The summed E-state index contributed by atoms with van der Waals surface area (Å²) < 4.78 is 10.6. The van der Waals surface area contributed by atoms with Gasteiger partial charge in [-0.3, -0.25) is 4.79 Å². The Kier molecular flexibility index (Phi) is 7.27. The number of unbranched alkanes of at least 4 members (excludes halogenated alkanes) is 1. The first-order valence-corrected chi connectivity index (χ1v) is 10.2. The molecule has 2 unspecified atom stereocenters. The van der Waals surface area contributed by atoms with Crippen LogP contribution in [0.5, 0.6) is 0 Å². The Bertz CT molecular complexity index is 604. The van der Waals surface area contributed by atoms with Crippen molar-refractivity contribution in [2.24, 2.45) is 5.92 Å². The van der Waals surface area contributed by atoms with E-state index < -0.39 is 0 Å². The molecule has 0 aliphatic carbocycles. The number of amides is 1. The predicted octanol–water partition coefficient (Wildman–Crippen LogP) is 4.34. The van der Waals surface area contributed by atoms with Crippen LogP contribution in [0.25, 0.3) is 0 Å². The van der Waals surface area contributed by atoms with Gasteiger partial charge in [-0.15, -0.1) is 0 Å². The molecule has 2 saturated heterocycles. The number of hydrogen-bond acceptors (Lipinski definition) is 4. The molecular formula is C22H31NO4. The van der Waals surface area contributed by atoms with Gasteiger partial charge in [-0.1, -0.05) is 30.3 Å². The molecule has 2 heterocycles. The first kappa shape index (κ1) is 19.9. The first-order valence-electron chi connectivity index (χ1n) is 10.2. The van der Waals surface area contributed by atoms with Crippen LogP contribution in [-0.4, -0.2) is 42.6 Å². The fraction of sp³-hybridized carbons (Fsp3) is 0.636. The van der Waals surface area contributed by atoms with Crippen LogP contribution in [0.3, 0.4) is 0 Å². The average molecular weight is 373 g/mol. The predicted molar refractivity (Wildman–Crippen MR) is 103 cm³/mol. The van der Waals surface area contributed by atoms with Crippen molar-refractivity contribution in [3.8, 4) is 0 Å². The van der Waals surface area contributed by atoms with Gasteiger partial charge in [0.15, 0.2) is 0 Å². The zero-order valence-corrected chi connectivity index (χ0v) is 16.3. The lowest BCUT2D eigenvalue weighted by Gasteiger charge is -2.47. The van der Waals surface area contributed by atoms with Gasteiger partial charge in [0.1, 0.15) is 12.4 Å². The number of ether oxygens (including phenoxy) is 2. The molecule has 1 aromatic carbocycles. The Morgan fingerprint density at radius 2 is 1.78 bits per heavy atom. The van der Waals surface area contributed by atoms with Gasteiger partial charge in [-0.2, -0.15) is 0 Å². The lowest BCUT2D eigenvalue weighted by molar-refractivity contribution is -0.126. The smallest absolute Gasteiger partial charge is 0.410 e. The van der Waals surface area contributed by atoms with Crippen LogP contribution < -0.4 is 0 Å². The second-order valence-electron chi connectivity index (χ2n) is 7.77. The van der Waals surface area contributed by atoms with E-state index in [1.165, 1.54) is 0 Å². The summed E-state index contributed by atoms with van der Waals surface area (Å²) in [5.41, 5.74) is 0.997. The maximum Gasteiger partial charge on any atom is 0.410 e. The number of carbonyl (C=O) groups is 2. The highest BCUT2D eigenvalue weighted by Crippen LogP contribution is 2.38. The molecule has 2 bridgehead atoms. The number of carbonyl (C=O) groups excluding carboxylic acids is 2. The molecule has 2 fully saturated rings. The Hall–Kier alpha value is -1.88. The van der Waals surface area contributed by atoms with Crippen molar-refractivity contribution in [1.82, 2.24) is 4.90 Å². The van der Waals surface area contributed by atoms with Gasteiger partial charge in [0.05, 0.1) is 0 Å². The summed E-state index contributed by atoms with van der Waals surface area (Å²) in [7, 11) is 1.69. The van der Waals surface area contributed by atoms with E-state index in [1.807, 2.05) is 35.2 Å². The SMILES string of the molecule is COCCCCC(=O)C1CC2CCCC(C1)N2C(=O)OCc1ccccc1. The molecule has 1 aromatic rings. The fourth-order valence-corrected chi connectivity index (χ4v) is 4.49. The van der Waals surface area contributed by atoms with Crippen LogP contribution in [0.1, 0.15) is 56.9 Å². The molecule has 0 aromatic heterocycles. The third-order valence-electron chi connectivity index (χ3n) is 5.87. The summed E-state index contributed by atoms with van der Waals surface area (Å²) in [6.07, 6.45) is 6.90. The molecule has 0 radical (unpaired) electrons. The topological polar surface area (TPSA) is 55.8 Å². The van der Waals surface area contributed by atoms with Crippen LogP contribution in [-0.2, 0) is 20.9 Å². The molecule has 5 nitrogen and oxygen atoms in total. The van der Waals surface area contributed by atoms with Crippen molar-refractivity contribution in [3.63, 3.8) is 0 Å². The third-order valence-corrected chi connectivity index (χ3v) is 5.87. The quantitative estimate of drug-likeness (QED) is 0.636. The highest BCUT2D eigenvalue weighted by atomic mass is 16.6. The van der Waals surface area contributed by atoms with Gasteiger partial charge in [0.2, 0.25) is 0 Å². The molecular weight excluding hydrogens is 342 g/mol. The highest BCUT2D eigenvalue weighted by Gasteiger charge is 2.43. The average Bonchev–Trinajstić information content (AvgIpc) is 2.69. The van der Waals surface area contributed by atoms with E-state index >= 15 is 0 Å². The number of piperidine rings is 2. The minimum atomic E-state index is -0.223. The number of rotatable bonds is 8. The van der Waals surface area contributed by atoms with E-state index in [4.69, 9.17) is 9.47 Å². The van der Waals surface area contributed by atoms with E-state index in [0.717, 1.165) is 50.5 Å². The Labute approximate surface area is 162 Å². The normalized spacial score (nSPS) is 24.5. The summed E-state index contributed by atoms with van der Waals surface area (Å²) in [5.74, 6) is 0.460.